The molecule has 0 aromatic heterocycles. The summed E-state index contributed by atoms with van der Waals surface area (Å²) in [5.41, 5.74) is -0.106. The number of hydrogen-bond acceptors (Lipinski definition) is 2. The van der Waals surface area contributed by atoms with Crippen LogP contribution in [0.3, 0.4) is 0 Å². The molecule has 0 heterocycles. The molecule has 0 aliphatic heterocycles. The number of aliphatic carboxylic acids is 1. The molecule has 4 nitrogen and oxygen atoms in total. The van der Waals surface area contributed by atoms with Gasteiger partial charge in [0.1, 0.15) is 6.04 Å². The summed E-state index contributed by atoms with van der Waals surface area (Å²) >= 11 is 3.27. The molecular formula is C13H16BrNO3. The highest BCUT2D eigenvalue weighted by molar-refractivity contribution is 9.10. The Morgan fingerprint density at radius 1 is 1.22 bits per heavy atom. The van der Waals surface area contributed by atoms with Crippen molar-refractivity contribution in [3.63, 3.8) is 0 Å². The Morgan fingerprint density at radius 2 is 1.72 bits per heavy atom. The lowest BCUT2D eigenvalue weighted by Gasteiger charge is -2.27. The maximum Gasteiger partial charge on any atom is 0.326 e. The molecule has 1 rings (SSSR count). The third-order valence-electron chi connectivity index (χ3n) is 2.49. The smallest absolute Gasteiger partial charge is 0.326 e. The minimum atomic E-state index is -1.03. The first-order valence-electron chi connectivity index (χ1n) is 5.51. The summed E-state index contributed by atoms with van der Waals surface area (Å²) < 4.78 is 0.865. The first kappa shape index (κ1) is 14.7. The summed E-state index contributed by atoms with van der Waals surface area (Å²) in [7, 11) is 0. The van der Waals surface area contributed by atoms with Crippen LogP contribution in [0.1, 0.15) is 31.1 Å². The molecule has 0 spiro atoms. The molecule has 5 heteroatoms. The van der Waals surface area contributed by atoms with Gasteiger partial charge in [-0.05, 0) is 29.7 Å². The van der Waals surface area contributed by atoms with E-state index in [0.717, 1.165) is 4.47 Å². The van der Waals surface area contributed by atoms with E-state index in [-0.39, 0.29) is 5.91 Å². The Kier molecular flexibility index (Phi) is 4.51. The average molecular weight is 314 g/mol. The van der Waals surface area contributed by atoms with E-state index in [2.05, 4.69) is 21.2 Å². The third-order valence-corrected chi connectivity index (χ3v) is 3.02. The first-order chi connectivity index (χ1) is 8.21. The van der Waals surface area contributed by atoms with Crippen molar-refractivity contribution < 1.29 is 14.7 Å². The van der Waals surface area contributed by atoms with E-state index >= 15 is 0 Å². The Bertz CT molecular complexity index is 448. The minimum absolute atomic E-state index is 0.384. The Labute approximate surface area is 115 Å². The average Bonchev–Trinajstić information content (AvgIpc) is 2.24. The highest BCUT2D eigenvalue weighted by Crippen LogP contribution is 2.20. The zero-order valence-electron chi connectivity index (χ0n) is 10.5. The van der Waals surface area contributed by atoms with Gasteiger partial charge in [0.05, 0.1) is 0 Å². The molecule has 1 aromatic rings. The molecule has 0 saturated heterocycles. The van der Waals surface area contributed by atoms with Crippen molar-refractivity contribution in [2.45, 2.75) is 26.8 Å². The molecule has 0 aliphatic carbocycles. The molecule has 0 radical (unpaired) electrons. The van der Waals surface area contributed by atoms with Crippen molar-refractivity contribution in [1.82, 2.24) is 5.32 Å². The maximum atomic E-state index is 11.9. The Hall–Kier alpha value is -1.36. The van der Waals surface area contributed by atoms with Gasteiger partial charge in [-0.15, -0.1) is 0 Å². The number of amides is 1. The van der Waals surface area contributed by atoms with Gasteiger partial charge < -0.3 is 10.4 Å². The normalized spacial score (nSPS) is 12.9. The van der Waals surface area contributed by atoms with Crippen molar-refractivity contribution in [3.8, 4) is 0 Å². The predicted molar refractivity (Wildman–Crippen MR) is 72.5 cm³/mol. The van der Waals surface area contributed by atoms with Crippen LogP contribution in [0.4, 0.5) is 0 Å². The minimum Gasteiger partial charge on any atom is -0.480 e. The molecular weight excluding hydrogens is 298 g/mol. The molecule has 1 amide bonds. The number of carboxylic acids is 1. The van der Waals surface area contributed by atoms with Crippen molar-refractivity contribution in [1.29, 1.82) is 0 Å². The van der Waals surface area contributed by atoms with Gasteiger partial charge in [-0.3, -0.25) is 4.79 Å². The van der Waals surface area contributed by atoms with Gasteiger partial charge in [0.15, 0.2) is 0 Å². The monoisotopic (exact) mass is 313 g/mol. The number of nitrogens with one attached hydrogen (secondary N) is 1. The van der Waals surface area contributed by atoms with Crippen LogP contribution in [0.5, 0.6) is 0 Å². The Balaban J connectivity index is 2.86. The maximum absolute atomic E-state index is 11.9. The molecule has 1 aromatic carbocycles. The van der Waals surface area contributed by atoms with E-state index in [1.54, 1.807) is 45.0 Å². The van der Waals surface area contributed by atoms with Crippen molar-refractivity contribution >= 4 is 27.8 Å². The second kappa shape index (κ2) is 5.52. The summed E-state index contributed by atoms with van der Waals surface area (Å²) in [6, 6.07) is 5.83. The summed E-state index contributed by atoms with van der Waals surface area (Å²) in [4.78, 5) is 23.1. The van der Waals surface area contributed by atoms with Gasteiger partial charge in [0.25, 0.3) is 5.91 Å². The molecule has 0 aliphatic rings. The van der Waals surface area contributed by atoms with E-state index in [1.807, 2.05) is 0 Å². The number of carbonyl (C=O) groups excluding carboxylic acids is 1. The number of carboxylic acid groups (broad SMARTS) is 1. The topological polar surface area (TPSA) is 66.4 Å². The van der Waals surface area contributed by atoms with E-state index < -0.39 is 17.4 Å². The van der Waals surface area contributed by atoms with Crippen molar-refractivity contribution in [2.75, 3.05) is 0 Å². The standard InChI is InChI=1S/C13H16BrNO3/c1-13(2,3)10(12(17)18)15-11(16)8-4-6-9(14)7-5-8/h4-7,10H,1-3H3,(H,15,16)(H,17,18). The van der Waals surface area contributed by atoms with Crippen LogP contribution in [0, 0.1) is 5.41 Å². The molecule has 1 atom stereocenters. The van der Waals surface area contributed by atoms with Gasteiger partial charge in [0, 0.05) is 10.0 Å². The number of hydrogen-bond donors (Lipinski definition) is 2. The van der Waals surface area contributed by atoms with Gasteiger partial charge >= 0.3 is 5.97 Å². The molecule has 98 valence electrons. The van der Waals surface area contributed by atoms with Gasteiger partial charge in [-0.1, -0.05) is 36.7 Å². The lowest BCUT2D eigenvalue weighted by Crippen LogP contribution is -2.49. The summed E-state index contributed by atoms with van der Waals surface area (Å²) in [5.74, 6) is -1.42. The van der Waals surface area contributed by atoms with Crippen LogP contribution in [0.15, 0.2) is 28.7 Å². The second-order valence-corrected chi connectivity index (χ2v) is 6.03. The van der Waals surface area contributed by atoms with Gasteiger partial charge in [0.2, 0.25) is 0 Å². The Morgan fingerprint density at radius 3 is 2.11 bits per heavy atom. The number of carbonyl (C=O) groups is 2. The van der Waals surface area contributed by atoms with Crippen molar-refractivity contribution in [3.05, 3.63) is 34.3 Å². The van der Waals surface area contributed by atoms with E-state index in [4.69, 9.17) is 5.11 Å². The van der Waals surface area contributed by atoms with Crippen LogP contribution in [0.25, 0.3) is 0 Å². The summed E-state index contributed by atoms with van der Waals surface area (Å²) in [6.07, 6.45) is 0. The van der Waals surface area contributed by atoms with Crippen LogP contribution in [-0.2, 0) is 4.79 Å². The highest BCUT2D eigenvalue weighted by atomic mass is 79.9. The van der Waals surface area contributed by atoms with Gasteiger partial charge in [-0.2, -0.15) is 0 Å². The number of rotatable bonds is 3. The van der Waals surface area contributed by atoms with E-state index in [0.29, 0.717) is 5.56 Å². The van der Waals surface area contributed by atoms with E-state index in [1.165, 1.54) is 0 Å². The molecule has 18 heavy (non-hydrogen) atoms. The molecule has 0 bridgehead atoms. The quantitative estimate of drug-likeness (QED) is 0.901. The SMILES string of the molecule is CC(C)(C)C(NC(=O)c1ccc(Br)cc1)C(=O)O. The lowest BCUT2D eigenvalue weighted by atomic mass is 9.86. The summed E-state index contributed by atoms with van der Waals surface area (Å²) in [6.45, 7) is 5.31. The molecule has 0 saturated carbocycles. The number of halogens is 1. The fourth-order valence-corrected chi connectivity index (χ4v) is 1.73. The fourth-order valence-electron chi connectivity index (χ4n) is 1.46. The lowest BCUT2D eigenvalue weighted by molar-refractivity contribution is -0.142. The van der Waals surface area contributed by atoms with Crippen LogP contribution in [0.2, 0.25) is 0 Å². The molecule has 1 unspecified atom stereocenters. The van der Waals surface area contributed by atoms with Crippen LogP contribution in [-0.4, -0.2) is 23.0 Å². The highest BCUT2D eigenvalue weighted by Gasteiger charge is 2.32. The number of benzene rings is 1. The predicted octanol–water partition coefficient (Wildman–Crippen LogP) is 2.68. The van der Waals surface area contributed by atoms with Gasteiger partial charge in [-0.25, -0.2) is 4.79 Å². The van der Waals surface area contributed by atoms with Crippen LogP contribution >= 0.6 is 15.9 Å². The zero-order valence-corrected chi connectivity index (χ0v) is 12.1. The van der Waals surface area contributed by atoms with E-state index in [9.17, 15) is 9.59 Å². The van der Waals surface area contributed by atoms with Crippen molar-refractivity contribution in [2.24, 2.45) is 5.41 Å². The molecule has 0 fully saturated rings. The fraction of sp³-hybridized carbons (Fsp3) is 0.385. The molecule has 2 N–H and O–H groups in total. The third kappa shape index (κ3) is 3.84. The first-order valence-corrected chi connectivity index (χ1v) is 6.30. The van der Waals surface area contributed by atoms with Crippen LogP contribution < -0.4 is 5.32 Å². The zero-order chi connectivity index (χ0) is 13.9. The largest absolute Gasteiger partial charge is 0.480 e. The second-order valence-electron chi connectivity index (χ2n) is 5.12. The summed E-state index contributed by atoms with van der Waals surface area (Å²) in [5, 5.41) is 11.7.